The third-order valence-electron chi connectivity index (χ3n) is 1.83. The molecule has 1 atom stereocenters. The molecular weight excluding hydrogens is 214 g/mol. The molecule has 0 aromatic heterocycles. The minimum absolute atomic E-state index is 0.604. The van der Waals surface area contributed by atoms with Gasteiger partial charge in [0.2, 0.25) is 0 Å². The average Bonchev–Trinajstić information content (AvgIpc) is 2.50. The van der Waals surface area contributed by atoms with Crippen molar-refractivity contribution in [3.63, 3.8) is 0 Å². The van der Waals surface area contributed by atoms with E-state index in [9.17, 15) is 0 Å². The van der Waals surface area contributed by atoms with Crippen LogP contribution in [-0.2, 0) is 10.1 Å². The van der Waals surface area contributed by atoms with Gasteiger partial charge in [-0.05, 0) is 13.3 Å². The van der Waals surface area contributed by atoms with E-state index in [1.165, 1.54) is 29.9 Å². The molecule has 0 radical (unpaired) electrons. The highest BCUT2D eigenvalue weighted by Crippen LogP contribution is 2.05. The van der Waals surface area contributed by atoms with Crippen LogP contribution in [0, 0.1) is 0 Å². The molecule has 1 aliphatic heterocycles. The van der Waals surface area contributed by atoms with Gasteiger partial charge in [-0.1, -0.05) is 13.3 Å². The molecule has 5 heteroatoms. The Hall–Kier alpha value is -0.650. The number of allylic oxidation sites excluding steroid dienone is 2. The summed E-state index contributed by atoms with van der Waals surface area (Å²) in [6.07, 6.45) is 9.87. The van der Waals surface area contributed by atoms with E-state index in [2.05, 4.69) is 32.3 Å². The summed E-state index contributed by atoms with van der Waals surface area (Å²) in [5.74, 6) is 0. The molecule has 0 saturated carbocycles. The minimum atomic E-state index is -3.92. The summed E-state index contributed by atoms with van der Waals surface area (Å²) in [5.41, 5.74) is 1.50. The van der Waals surface area contributed by atoms with Crippen molar-refractivity contribution in [2.24, 2.45) is 0 Å². The van der Waals surface area contributed by atoms with Crippen LogP contribution in [0.5, 0.6) is 0 Å². The van der Waals surface area contributed by atoms with E-state index in [1.54, 1.807) is 0 Å². The van der Waals surface area contributed by atoms with E-state index in [0.717, 1.165) is 0 Å². The van der Waals surface area contributed by atoms with Gasteiger partial charge < -0.3 is 4.55 Å². The van der Waals surface area contributed by atoms with Gasteiger partial charge in [-0.3, -0.25) is 4.90 Å². The molecule has 1 heterocycles. The molecule has 88 valence electrons. The van der Waals surface area contributed by atoms with E-state index >= 15 is 0 Å². The Bertz CT molecular complexity index is 323. The van der Waals surface area contributed by atoms with Gasteiger partial charge in [0.15, 0.2) is 0 Å². The molecule has 1 N–H and O–H groups in total. The molecule has 0 aromatic rings. The zero-order chi connectivity index (χ0) is 11.9. The molecule has 0 aromatic carbocycles. The van der Waals surface area contributed by atoms with Gasteiger partial charge in [0.1, 0.15) is 6.20 Å². The van der Waals surface area contributed by atoms with Crippen LogP contribution in [0.1, 0.15) is 26.7 Å². The summed E-state index contributed by atoms with van der Waals surface area (Å²) in [6, 6.07) is 0. The van der Waals surface area contributed by atoms with Crippen LogP contribution in [0.25, 0.3) is 0 Å². The number of nitrogens with one attached hydrogen (secondary N) is 1. The first-order valence-electron chi connectivity index (χ1n) is 5.02. The molecule has 0 amide bonds. The molecular formula is C10H19NO3S. The summed E-state index contributed by atoms with van der Waals surface area (Å²) in [7, 11) is -3.92. The second-order valence-corrected chi connectivity index (χ2v) is 4.84. The Labute approximate surface area is 92.0 Å². The Kier molecular flexibility index (Phi) is 6.47. The van der Waals surface area contributed by atoms with E-state index in [1.807, 2.05) is 0 Å². The van der Waals surface area contributed by atoms with Gasteiger partial charge in [0.05, 0.1) is 22.9 Å². The summed E-state index contributed by atoms with van der Waals surface area (Å²) in [5, 5.41) is 0. The lowest BCUT2D eigenvalue weighted by Gasteiger charge is -1.99. The fourth-order valence-corrected chi connectivity index (χ4v) is 1.21. The molecule has 0 fully saturated rings. The maximum atomic E-state index is 9.08. The lowest BCUT2D eigenvalue weighted by molar-refractivity contribution is -0.785. The van der Waals surface area contributed by atoms with Crippen LogP contribution >= 0.6 is 0 Å². The molecule has 15 heavy (non-hydrogen) atoms. The predicted octanol–water partition coefficient (Wildman–Crippen LogP) is 0.264. The standard InChI is InChI=1S/C9H15N.CH4O3S/c1-3-5-9-6-7-10(4-2)8-9;1-5(2,3)4/h6-8H,3-5H2,1-2H3;1H3,(H,2,3,4). The summed E-state index contributed by atoms with van der Waals surface area (Å²) >= 11 is 0. The first-order chi connectivity index (χ1) is 6.86. The van der Waals surface area contributed by atoms with Crippen molar-refractivity contribution in [1.82, 2.24) is 0 Å². The van der Waals surface area contributed by atoms with Crippen molar-refractivity contribution >= 4 is 10.1 Å². The predicted molar refractivity (Wildman–Crippen MR) is 59.3 cm³/mol. The van der Waals surface area contributed by atoms with Crippen molar-refractivity contribution in [2.45, 2.75) is 26.7 Å². The lowest BCUT2D eigenvalue weighted by atomic mass is 10.2. The third kappa shape index (κ3) is 9.65. The number of rotatable bonds is 3. The quantitative estimate of drug-likeness (QED) is 0.711. The van der Waals surface area contributed by atoms with Gasteiger partial charge >= 0.3 is 0 Å². The second-order valence-electron chi connectivity index (χ2n) is 3.44. The number of hydrogen-bond donors (Lipinski definition) is 1. The van der Waals surface area contributed by atoms with Crippen LogP contribution in [0.4, 0.5) is 0 Å². The van der Waals surface area contributed by atoms with Gasteiger partial charge in [-0.15, -0.1) is 0 Å². The zero-order valence-corrected chi connectivity index (χ0v) is 10.3. The summed E-state index contributed by atoms with van der Waals surface area (Å²) in [6.45, 7) is 5.59. The zero-order valence-electron chi connectivity index (χ0n) is 9.49. The van der Waals surface area contributed by atoms with Crippen molar-refractivity contribution in [2.75, 3.05) is 12.8 Å². The molecule has 4 nitrogen and oxygen atoms in total. The normalized spacial score (nSPS) is 19.5. The smallest absolute Gasteiger partial charge is 0.102 e. The Morgan fingerprint density at radius 1 is 1.40 bits per heavy atom. The number of quaternary nitrogens is 1. The van der Waals surface area contributed by atoms with Crippen LogP contribution in [-0.4, -0.2) is 25.8 Å². The van der Waals surface area contributed by atoms with Gasteiger partial charge in [-0.2, -0.15) is 0 Å². The number of hydrogen-bond acceptors (Lipinski definition) is 3. The van der Waals surface area contributed by atoms with Crippen molar-refractivity contribution in [3.8, 4) is 0 Å². The average molecular weight is 233 g/mol. The fourth-order valence-electron chi connectivity index (χ4n) is 1.21. The van der Waals surface area contributed by atoms with Gasteiger partial charge in [0, 0.05) is 17.9 Å². The highest BCUT2D eigenvalue weighted by Gasteiger charge is 2.06. The van der Waals surface area contributed by atoms with Crippen molar-refractivity contribution < 1.29 is 17.9 Å². The molecule has 0 bridgehead atoms. The van der Waals surface area contributed by atoms with Crippen LogP contribution in [0.3, 0.4) is 0 Å². The van der Waals surface area contributed by atoms with E-state index in [4.69, 9.17) is 13.0 Å². The first-order valence-corrected chi connectivity index (χ1v) is 6.83. The maximum absolute atomic E-state index is 9.08. The van der Waals surface area contributed by atoms with Crippen LogP contribution in [0.15, 0.2) is 24.0 Å². The van der Waals surface area contributed by atoms with Crippen molar-refractivity contribution in [1.29, 1.82) is 0 Å². The molecule has 0 saturated heterocycles. The van der Waals surface area contributed by atoms with Gasteiger partial charge in [-0.25, -0.2) is 8.42 Å². The van der Waals surface area contributed by atoms with Crippen molar-refractivity contribution in [3.05, 3.63) is 24.0 Å². The lowest BCUT2D eigenvalue weighted by Crippen LogP contribution is -3.01. The van der Waals surface area contributed by atoms with Crippen LogP contribution in [0.2, 0.25) is 0 Å². The molecule has 0 aliphatic carbocycles. The Balaban J connectivity index is 0.000000336. The molecule has 1 unspecified atom stereocenters. The van der Waals surface area contributed by atoms with Crippen LogP contribution < -0.4 is 4.90 Å². The summed E-state index contributed by atoms with van der Waals surface area (Å²) < 4.78 is 27.2. The van der Waals surface area contributed by atoms with E-state index in [0.29, 0.717) is 6.26 Å². The molecule has 1 aliphatic rings. The Morgan fingerprint density at radius 2 is 1.93 bits per heavy atom. The second kappa shape index (κ2) is 6.76. The highest BCUT2D eigenvalue weighted by atomic mass is 32.2. The third-order valence-corrected chi connectivity index (χ3v) is 1.83. The topological polar surface area (TPSA) is 61.6 Å². The monoisotopic (exact) mass is 233 g/mol. The first kappa shape index (κ1) is 14.3. The van der Waals surface area contributed by atoms with Gasteiger partial charge in [0.25, 0.3) is 0 Å². The largest absolute Gasteiger partial charge is 0.748 e. The maximum Gasteiger partial charge on any atom is 0.102 e. The summed E-state index contributed by atoms with van der Waals surface area (Å²) in [4.78, 5) is 1.48. The SMILES string of the molecule is CCCC1=C[NH+](CC)C=C1.CS(=O)(=O)[O-]. The Morgan fingerprint density at radius 3 is 2.27 bits per heavy atom. The molecule has 0 spiro atoms. The highest BCUT2D eigenvalue weighted by molar-refractivity contribution is 7.84. The minimum Gasteiger partial charge on any atom is -0.748 e. The fraction of sp³-hybridized carbons (Fsp3) is 0.600. The van der Waals surface area contributed by atoms with E-state index < -0.39 is 10.1 Å². The molecule has 1 rings (SSSR count). The van der Waals surface area contributed by atoms with E-state index in [-0.39, 0.29) is 0 Å².